The summed E-state index contributed by atoms with van der Waals surface area (Å²) < 4.78 is 5.45. The molecule has 4 nitrogen and oxygen atoms in total. The van der Waals surface area contributed by atoms with Crippen molar-refractivity contribution >= 4 is 16.7 Å². The summed E-state index contributed by atoms with van der Waals surface area (Å²) in [6, 6.07) is 10.2. The average molecular weight is 338 g/mol. The first-order valence-corrected chi connectivity index (χ1v) is 9.44. The van der Waals surface area contributed by atoms with Gasteiger partial charge in [0.1, 0.15) is 5.69 Å². The second-order valence-electron chi connectivity index (χ2n) is 7.52. The van der Waals surface area contributed by atoms with Gasteiger partial charge in [-0.25, -0.2) is 4.98 Å². The van der Waals surface area contributed by atoms with Gasteiger partial charge in [-0.15, -0.1) is 0 Å². The van der Waals surface area contributed by atoms with E-state index in [0.29, 0.717) is 29.5 Å². The summed E-state index contributed by atoms with van der Waals surface area (Å²) in [6.45, 7) is 3.19. The predicted octanol–water partition coefficient (Wildman–Crippen LogP) is 4.28. The first-order valence-electron chi connectivity index (χ1n) is 9.44. The molecule has 1 aliphatic carbocycles. The van der Waals surface area contributed by atoms with Gasteiger partial charge in [-0.1, -0.05) is 38.0 Å². The van der Waals surface area contributed by atoms with Gasteiger partial charge in [-0.3, -0.25) is 4.79 Å². The smallest absolute Gasteiger partial charge is 0.272 e. The monoisotopic (exact) mass is 338 g/mol. The van der Waals surface area contributed by atoms with Crippen LogP contribution in [0.25, 0.3) is 10.8 Å². The third-order valence-corrected chi connectivity index (χ3v) is 6.12. The number of carbonyl (C=O) groups is 1. The molecule has 0 N–H and O–H groups in total. The summed E-state index contributed by atoms with van der Waals surface area (Å²) >= 11 is 0. The van der Waals surface area contributed by atoms with Crippen molar-refractivity contribution in [2.75, 3.05) is 13.7 Å². The highest BCUT2D eigenvalue weighted by Crippen LogP contribution is 2.39. The Morgan fingerprint density at radius 3 is 2.84 bits per heavy atom. The van der Waals surface area contributed by atoms with Crippen LogP contribution in [0.2, 0.25) is 0 Å². The molecule has 1 amide bonds. The maximum Gasteiger partial charge on any atom is 0.272 e. The molecular weight excluding hydrogens is 312 g/mol. The van der Waals surface area contributed by atoms with E-state index in [1.54, 1.807) is 7.11 Å². The minimum Gasteiger partial charge on any atom is -0.481 e. The van der Waals surface area contributed by atoms with Crippen molar-refractivity contribution in [1.29, 1.82) is 0 Å². The van der Waals surface area contributed by atoms with Gasteiger partial charge in [0.15, 0.2) is 0 Å². The highest BCUT2D eigenvalue weighted by molar-refractivity contribution is 5.98. The van der Waals surface area contributed by atoms with E-state index in [2.05, 4.69) is 16.8 Å². The Labute approximate surface area is 149 Å². The molecule has 2 fully saturated rings. The summed E-state index contributed by atoms with van der Waals surface area (Å²) in [6.07, 6.45) is 6.01. The molecule has 4 heteroatoms. The van der Waals surface area contributed by atoms with Crippen molar-refractivity contribution in [2.24, 2.45) is 11.8 Å². The second-order valence-corrected chi connectivity index (χ2v) is 7.52. The molecule has 2 aromatic rings. The molecule has 2 heterocycles. The lowest BCUT2D eigenvalue weighted by Crippen LogP contribution is -2.52. The van der Waals surface area contributed by atoms with E-state index < -0.39 is 0 Å². The van der Waals surface area contributed by atoms with Crippen molar-refractivity contribution in [1.82, 2.24) is 9.88 Å². The summed E-state index contributed by atoms with van der Waals surface area (Å²) in [7, 11) is 1.61. The number of amides is 1. The number of aromatic nitrogens is 1. The van der Waals surface area contributed by atoms with Gasteiger partial charge in [0, 0.05) is 18.0 Å². The molecular formula is C21H26N2O2. The number of hydrogen-bond donors (Lipinski definition) is 0. The van der Waals surface area contributed by atoms with Gasteiger partial charge >= 0.3 is 0 Å². The number of rotatable bonds is 2. The van der Waals surface area contributed by atoms with Crippen LogP contribution in [-0.4, -0.2) is 35.5 Å². The third-order valence-electron chi connectivity index (χ3n) is 6.12. The number of carbonyl (C=O) groups excluding carboxylic acids is 1. The number of nitrogens with zero attached hydrogens (tertiary/aromatic N) is 2. The van der Waals surface area contributed by atoms with Gasteiger partial charge in [0.25, 0.3) is 5.91 Å². The van der Waals surface area contributed by atoms with Gasteiger partial charge < -0.3 is 9.64 Å². The zero-order valence-corrected chi connectivity index (χ0v) is 15.1. The Bertz CT molecular complexity index is 789. The van der Waals surface area contributed by atoms with Crippen molar-refractivity contribution in [3.63, 3.8) is 0 Å². The highest BCUT2D eigenvalue weighted by Gasteiger charge is 2.40. The molecule has 1 aromatic carbocycles. The molecule has 4 rings (SSSR count). The fourth-order valence-corrected chi connectivity index (χ4v) is 4.74. The number of ether oxygens (including phenoxy) is 1. The average Bonchev–Trinajstić information content (AvgIpc) is 2.67. The molecule has 0 radical (unpaired) electrons. The van der Waals surface area contributed by atoms with Crippen LogP contribution >= 0.6 is 0 Å². The van der Waals surface area contributed by atoms with Crippen molar-refractivity contribution < 1.29 is 9.53 Å². The normalized spacial score (nSPS) is 26.3. The minimum absolute atomic E-state index is 0.0628. The van der Waals surface area contributed by atoms with E-state index in [1.165, 1.54) is 19.3 Å². The van der Waals surface area contributed by atoms with Gasteiger partial charge in [-0.05, 0) is 48.6 Å². The van der Waals surface area contributed by atoms with E-state index in [1.807, 2.05) is 30.3 Å². The Morgan fingerprint density at radius 1 is 1.20 bits per heavy atom. The quantitative estimate of drug-likeness (QED) is 0.820. The topological polar surface area (TPSA) is 42.4 Å². The summed E-state index contributed by atoms with van der Waals surface area (Å²) in [5, 5.41) is 1.95. The maximum atomic E-state index is 13.3. The number of benzene rings is 1. The van der Waals surface area contributed by atoms with Crippen molar-refractivity contribution in [3.05, 3.63) is 36.0 Å². The lowest BCUT2D eigenvalue weighted by atomic mass is 9.72. The molecule has 1 aromatic heterocycles. The second kappa shape index (κ2) is 6.66. The number of likely N-dealkylation sites (tertiary alicyclic amines) is 1. The SMILES string of the molecule is COc1nc(C(=O)N2CCC(C)C3CCCCC32)cc2ccccc12. The number of pyridine rings is 1. The van der Waals surface area contributed by atoms with Crippen LogP contribution in [0.5, 0.6) is 5.88 Å². The van der Waals surface area contributed by atoms with Crippen LogP contribution in [0.3, 0.4) is 0 Å². The molecule has 3 atom stereocenters. The number of hydrogen-bond acceptors (Lipinski definition) is 3. The first-order chi connectivity index (χ1) is 12.2. The van der Waals surface area contributed by atoms with Gasteiger partial charge in [0.2, 0.25) is 5.88 Å². The predicted molar refractivity (Wildman–Crippen MR) is 98.9 cm³/mol. The molecule has 0 bridgehead atoms. The molecule has 2 aliphatic rings. The van der Waals surface area contributed by atoms with Crippen LogP contribution in [0.1, 0.15) is 49.5 Å². The van der Waals surface area contributed by atoms with Crippen LogP contribution in [0.4, 0.5) is 0 Å². The number of methoxy groups -OCH3 is 1. The van der Waals surface area contributed by atoms with E-state index in [0.717, 1.165) is 30.2 Å². The maximum absolute atomic E-state index is 13.3. The standard InChI is InChI=1S/C21H26N2O2/c1-14-11-12-23(19-10-6-5-8-16(14)19)21(24)18-13-15-7-3-4-9-17(15)20(22-18)25-2/h3-4,7,9,13-14,16,19H,5-6,8,10-12H2,1-2H3. The molecule has 25 heavy (non-hydrogen) atoms. The number of piperidine rings is 1. The molecule has 1 saturated heterocycles. The molecule has 3 unspecified atom stereocenters. The third kappa shape index (κ3) is 2.88. The van der Waals surface area contributed by atoms with E-state index in [4.69, 9.17) is 4.74 Å². The zero-order valence-electron chi connectivity index (χ0n) is 15.1. The van der Waals surface area contributed by atoms with Crippen molar-refractivity contribution in [3.8, 4) is 5.88 Å². The van der Waals surface area contributed by atoms with Crippen molar-refractivity contribution in [2.45, 2.75) is 45.1 Å². The summed E-state index contributed by atoms with van der Waals surface area (Å²) in [5.41, 5.74) is 0.509. The van der Waals surface area contributed by atoms with Crippen LogP contribution in [0, 0.1) is 11.8 Å². The van der Waals surface area contributed by atoms with Gasteiger partial charge in [0.05, 0.1) is 7.11 Å². The zero-order chi connectivity index (χ0) is 17.4. The van der Waals surface area contributed by atoms with Crippen LogP contribution < -0.4 is 4.74 Å². The number of fused-ring (bicyclic) bond motifs is 2. The molecule has 1 saturated carbocycles. The Hall–Kier alpha value is -2.10. The van der Waals surface area contributed by atoms with Crippen LogP contribution in [0.15, 0.2) is 30.3 Å². The summed E-state index contributed by atoms with van der Waals surface area (Å²) in [5.74, 6) is 1.96. The lowest BCUT2D eigenvalue weighted by molar-refractivity contribution is 0.0213. The molecule has 0 spiro atoms. The fraction of sp³-hybridized carbons (Fsp3) is 0.524. The lowest BCUT2D eigenvalue weighted by Gasteiger charge is -2.47. The largest absolute Gasteiger partial charge is 0.481 e. The Kier molecular flexibility index (Phi) is 4.36. The summed E-state index contributed by atoms with van der Waals surface area (Å²) in [4.78, 5) is 19.9. The van der Waals surface area contributed by atoms with Crippen LogP contribution in [-0.2, 0) is 0 Å². The van der Waals surface area contributed by atoms with Gasteiger partial charge in [-0.2, -0.15) is 0 Å². The van der Waals surface area contributed by atoms with E-state index in [9.17, 15) is 4.79 Å². The molecule has 1 aliphatic heterocycles. The highest BCUT2D eigenvalue weighted by atomic mass is 16.5. The first kappa shape index (κ1) is 16.4. The van der Waals surface area contributed by atoms with E-state index in [-0.39, 0.29) is 5.91 Å². The Balaban J connectivity index is 1.69. The minimum atomic E-state index is 0.0628. The van der Waals surface area contributed by atoms with E-state index >= 15 is 0 Å². The Morgan fingerprint density at radius 2 is 2.00 bits per heavy atom. The fourth-order valence-electron chi connectivity index (χ4n) is 4.74. The molecule has 132 valence electrons.